The standard InChI is InChI=1S/C35H27N5O5.C7H15NO.C2H6/c1-15(2)27-33-39-30-31(45-33)35-20-5-3-4-18(17-8-9-22(41)29-26(17)19(13-36-29)24-14-37-32(30)43-24)28(20)40-34(35)44-23-10-6-16(12-21(23)35)7-11-25(42)38-27;1-4-7(3,5-2)6(8)9;1-2/h3-6,8-10,12-15,27,34,36,40-41H,7,11H2,1-2H3,(H,38,42);4-5H2,1-3H3,(H2,8,9);1-2H3. The van der Waals surface area contributed by atoms with Gasteiger partial charge in [0.2, 0.25) is 23.6 Å². The van der Waals surface area contributed by atoms with Crippen molar-refractivity contribution >= 4 is 28.4 Å². The number of aromatic hydroxyl groups is 1. The number of ether oxygens (including phenoxy) is 1. The summed E-state index contributed by atoms with van der Waals surface area (Å²) in [6.07, 6.45) is 5.51. The van der Waals surface area contributed by atoms with Gasteiger partial charge in [-0.25, -0.2) is 9.97 Å². The average Bonchev–Trinajstić information content (AvgIpc) is 4.03. The molecule has 290 valence electrons. The van der Waals surface area contributed by atoms with Gasteiger partial charge in [-0.3, -0.25) is 9.59 Å². The number of oxazole rings is 2. The van der Waals surface area contributed by atoms with Crippen molar-refractivity contribution in [2.75, 3.05) is 5.32 Å². The smallest absolute Gasteiger partial charge is 0.249 e. The van der Waals surface area contributed by atoms with Gasteiger partial charge in [-0.15, -0.1) is 0 Å². The highest BCUT2D eigenvalue weighted by atomic mass is 16.5. The minimum atomic E-state index is -0.952. The summed E-state index contributed by atoms with van der Waals surface area (Å²) >= 11 is 0. The third-order valence-electron chi connectivity index (χ3n) is 12.0. The Kier molecular flexibility index (Phi) is 8.97. The highest BCUT2D eigenvalue weighted by molar-refractivity contribution is 6.09. The van der Waals surface area contributed by atoms with E-state index < -0.39 is 17.7 Å². The van der Waals surface area contributed by atoms with Crippen LogP contribution in [0.25, 0.3) is 44.9 Å². The van der Waals surface area contributed by atoms with Gasteiger partial charge in [0, 0.05) is 51.4 Å². The third-order valence-corrected chi connectivity index (χ3v) is 12.0. The van der Waals surface area contributed by atoms with Crippen molar-refractivity contribution < 1.29 is 28.3 Å². The molecule has 7 heterocycles. The van der Waals surface area contributed by atoms with Crippen LogP contribution in [0, 0.1) is 11.3 Å². The number of hydrogen-bond acceptors (Lipinski definition) is 9. The van der Waals surface area contributed by atoms with Gasteiger partial charge >= 0.3 is 0 Å². The Bertz CT molecular complexity index is 2510. The largest absolute Gasteiger partial charge is 0.506 e. The van der Waals surface area contributed by atoms with Crippen LogP contribution in [0.5, 0.6) is 11.5 Å². The van der Waals surface area contributed by atoms with Crippen LogP contribution >= 0.6 is 0 Å². The number of aromatic amines is 1. The van der Waals surface area contributed by atoms with Gasteiger partial charge in [-0.05, 0) is 54.5 Å². The maximum atomic E-state index is 13.2. The molecular weight excluding hydrogens is 709 g/mol. The lowest BCUT2D eigenvalue weighted by Crippen LogP contribution is -2.40. The number of aromatic nitrogens is 3. The Balaban J connectivity index is 0.000000357. The molecule has 3 atom stereocenters. The van der Waals surface area contributed by atoms with Crippen LogP contribution in [-0.2, 0) is 21.4 Å². The Morgan fingerprint density at radius 1 is 1.02 bits per heavy atom. The number of benzene rings is 3. The van der Waals surface area contributed by atoms with Crippen molar-refractivity contribution in [2.24, 2.45) is 17.1 Å². The van der Waals surface area contributed by atoms with Crippen molar-refractivity contribution in [3.05, 3.63) is 89.3 Å². The molecule has 12 heteroatoms. The number of aryl methyl sites for hydroxylation is 1. The molecule has 0 aliphatic carbocycles. The number of carbonyl (C=O) groups excluding carboxylic acids is 2. The van der Waals surface area contributed by atoms with Gasteiger partial charge in [0.1, 0.15) is 23.0 Å². The summed E-state index contributed by atoms with van der Waals surface area (Å²) in [6, 6.07) is 15.5. The van der Waals surface area contributed by atoms with Crippen molar-refractivity contribution in [3.8, 4) is 45.5 Å². The zero-order valence-electron chi connectivity index (χ0n) is 32.8. The predicted molar refractivity (Wildman–Crippen MR) is 214 cm³/mol. The van der Waals surface area contributed by atoms with Gasteiger partial charge < -0.3 is 40.0 Å². The Morgan fingerprint density at radius 2 is 1.80 bits per heavy atom. The molecule has 12 nitrogen and oxygen atoms in total. The molecule has 2 amide bonds. The number of nitrogens with one attached hydrogen (secondary N) is 3. The molecule has 0 fully saturated rings. The summed E-state index contributed by atoms with van der Waals surface area (Å²) < 4.78 is 20.2. The first-order valence-electron chi connectivity index (χ1n) is 19.6. The molecular formula is C44H48N6O6. The van der Waals surface area contributed by atoms with E-state index in [-0.39, 0.29) is 34.8 Å². The molecule has 0 saturated heterocycles. The number of amides is 2. The van der Waals surface area contributed by atoms with Gasteiger partial charge in [0.15, 0.2) is 23.4 Å². The first-order chi connectivity index (χ1) is 27.0. The molecule has 4 aliphatic heterocycles. The van der Waals surface area contributed by atoms with Crippen LogP contribution in [0.15, 0.2) is 69.8 Å². The topological polar surface area (TPSA) is 182 Å². The van der Waals surface area contributed by atoms with E-state index in [4.69, 9.17) is 29.3 Å². The number of H-pyrrole nitrogens is 1. The fraction of sp³-hybridized carbons (Fsp3) is 0.364. The summed E-state index contributed by atoms with van der Waals surface area (Å²) in [5.41, 5.74) is 11.4. The number of anilines is 1. The number of rotatable bonds is 4. The molecule has 0 saturated carbocycles. The maximum Gasteiger partial charge on any atom is 0.249 e. The van der Waals surface area contributed by atoms with Crippen LogP contribution in [0.1, 0.15) is 102 Å². The van der Waals surface area contributed by atoms with Crippen LogP contribution < -0.4 is 21.1 Å². The average molecular weight is 757 g/mol. The second-order valence-electron chi connectivity index (χ2n) is 15.3. The van der Waals surface area contributed by atoms with E-state index in [1.165, 1.54) is 0 Å². The lowest BCUT2D eigenvalue weighted by molar-refractivity contribution is -0.127. The monoisotopic (exact) mass is 756 g/mol. The molecule has 4 aliphatic rings. The van der Waals surface area contributed by atoms with Gasteiger partial charge in [-0.2, -0.15) is 0 Å². The fourth-order valence-electron chi connectivity index (χ4n) is 8.34. The molecule has 0 radical (unpaired) electrons. The molecule has 10 bridgehead atoms. The van der Waals surface area contributed by atoms with Crippen molar-refractivity contribution in [2.45, 2.75) is 91.8 Å². The third kappa shape index (κ3) is 5.32. The highest BCUT2D eigenvalue weighted by Gasteiger charge is 2.61. The van der Waals surface area contributed by atoms with E-state index in [1.54, 1.807) is 12.3 Å². The lowest BCUT2D eigenvalue weighted by atomic mass is 9.72. The first-order valence-corrected chi connectivity index (χ1v) is 19.6. The van der Waals surface area contributed by atoms with Crippen LogP contribution in [-0.4, -0.2) is 38.1 Å². The van der Waals surface area contributed by atoms with Crippen LogP contribution in [0.3, 0.4) is 0 Å². The molecule has 10 rings (SSSR count). The minimum Gasteiger partial charge on any atom is -0.506 e. The van der Waals surface area contributed by atoms with Crippen LogP contribution in [0.2, 0.25) is 0 Å². The quantitative estimate of drug-likeness (QED) is 0.117. The normalized spacial score (nSPS) is 19.5. The van der Waals surface area contributed by atoms with Gasteiger partial charge in [0.25, 0.3) is 0 Å². The van der Waals surface area contributed by atoms with E-state index in [1.807, 2.05) is 72.9 Å². The molecule has 3 aromatic heterocycles. The number of phenols is 1. The van der Waals surface area contributed by atoms with Crippen molar-refractivity contribution in [1.82, 2.24) is 20.3 Å². The van der Waals surface area contributed by atoms with Crippen LogP contribution in [0.4, 0.5) is 5.69 Å². The number of hydrogen-bond donors (Lipinski definition) is 5. The van der Waals surface area contributed by atoms with E-state index in [0.29, 0.717) is 41.5 Å². The molecule has 3 unspecified atom stereocenters. The summed E-state index contributed by atoms with van der Waals surface area (Å²) in [7, 11) is 0. The molecule has 3 aromatic carbocycles. The van der Waals surface area contributed by atoms with E-state index in [9.17, 15) is 14.7 Å². The fourth-order valence-corrected chi connectivity index (χ4v) is 8.34. The maximum absolute atomic E-state index is 13.2. The Hall–Kier alpha value is -6.04. The molecule has 6 aromatic rings. The number of carbonyl (C=O) groups is 2. The van der Waals surface area contributed by atoms with E-state index in [0.717, 1.165) is 63.0 Å². The Morgan fingerprint density at radius 3 is 2.52 bits per heavy atom. The summed E-state index contributed by atoms with van der Waals surface area (Å²) in [5, 5.41) is 18.6. The zero-order valence-corrected chi connectivity index (χ0v) is 32.8. The molecule has 56 heavy (non-hydrogen) atoms. The molecule has 1 spiro atoms. The van der Waals surface area contributed by atoms with Gasteiger partial charge in [0.05, 0.1) is 11.7 Å². The number of primary amides is 1. The Labute approximate surface area is 325 Å². The predicted octanol–water partition coefficient (Wildman–Crippen LogP) is 8.73. The van der Waals surface area contributed by atoms with E-state index >= 15 is 0 Å². The number of fused-ring (bicyclic) bond motifs is 7. The molecule has 6 N–H and O–H groups in total. The SMILES string of the molecule is CC.CC(C)C1NC(=O)CCc2ccc3c(c2)C24c5cccc(c5NC2O3)-c2ccc(O)c3[nH]cc(c23)-c2cnc(o2)-c2nc1oc24.CCC(C)(CC)C(N)=O. The van der Waals surface area contributed by atoms with Crippen molar-refractivity contribution in [1.29, 1.82) is 0 Å². The summed E-state index contributed by atoms with van der Waals surface area (Å²) in [4.78, 5) is 36.9. The summed E-state index contributed by atoms with van der Waals surface area (Å²) in [5.74, 6) is 2.35. The number of nitrogens with two attached hydrogens (primary N) is 1. The number of phenolic OH excluding ortho intramolecular Hbond substituents is 1. The van der Waals surface area contributed by atoms with Gasteiger partial charge in [-0.1, -0.05) is 78.8 Å². The first kappa shape index (κ1) is 36.9. The van der Waals surface area contributed by atoms with Crippen molar-refractivity contribution in [3.63, 3.8) is 0 Å². The highest BCUT2D eigenvalue weighted by Crippen LogP contribution is 2.61. The van der Waals surface area contributed by atoms with E-state index in [2.05, 4.69) is 39.9 Å². The minimum absolute atomic E-state index is 0.00383. The second-order valence-corrected chi connectivity index (χ2v) is 15.3. The number of para-hydroxylation sites is 1. The second kappa shape index (κ2) is 13.6. The number of nitrogens with zero attached hydrogens (tertiary/aromatic N) is 2. The summed E-state index contributed by atoms with van der Waals surface area (Å²) in [6.45, 7) is 13.9. The zero-order chi connectivity index (χ0) is 39.7. The lowest BCUT2D eigenvalue weighted by Gasteiger charge is -2.28.